The molecule has 1 aliphatic rings. The Kier molecular flexibility index (Phi) is 3.52. The summed E-state index contributed by atoms with van der Waals surface area (Å²) in [6.45, 7) is 2.60. The lowest BCUT2D eigenvalue weighted by molar-refractivity contribution is 0.186. The summed E-state index contributed by atoms with van der Waals surface area (Å²) in [5.74, 6) is 1.62. The van der Waals surface area contributed by atoms with Gasteiger partial charge in [0.25, 0.3) is 0 Å². The topological polar surface area (TPSA) is 41.6 Å². The van der Waals surface area contributed by atoms with E-state index < -0.39 is 0 Å². The number of amides is 2. The normalized spacial score (nSPS) is 12.9. The second-order valence-electron chi connectivity index (χ2n) is 4.92. The lowest BCUT2D eigenvalue weighted by Crippen LogP contribution is -2.41. The van der Waals surface area contributed by atoms with Crippen LogP contribution in [0.15, 0.2) is 48.5 Å². The zero-order chi connectivity index (χ0) is 14.8. The van der Waals surface area contributed by atoms with Crippen LogP contribution >= 0.6 is 0 Å². The zero-order valence-corrected chi connectivity index (χ0v) is 12.2. The van der Waals surface area contributed by atoms with E-state index in [1.807, 2.05) is 60.4 Å². The van der Waals surface area contributed by atoms with Gasteiger partial charge in [0.15, 0.2) is 0 Å². The van der Waals surface area contributed by atoms with E-state index >= 15 is 0 Å². The van der Waals surface area contributed by atoms with Crippen molar-refractivity contribution in [3.05, 3.63) is 59.7 Å². The number of carbonyl (C=O) groups excluding carboxylic acids is 1. The van der Waals surface area contributed by atoms with E-state index in [4.69, 9.17) is 4.74 Å². The summed E-state index contributed by atoms with van der Waals surface area (Å²) in [5.41, 5.74) is 2.03. The average Bonchev–Trinajstić information content (AvgIpc) is 2.54. The Bertz CT molecular complexity index is 624. The van der Waals surface area contributed by atoms with Crippen LogP contribution in [0.4, 0.5) is 4.79 Å². The van der Waals surface area contributed by atoms with E-state index in [2.05, 4.69) is 5.32 Å². The standard InChI is InChI=1S/C17H18N2O2/c1-3-19(17(20)18-2)16-12-8-4-6-10-14(12)21-15-11-7-5-9-13(15)16/h4-11,16H,3H2,1-2H3,(H,18,20). The molecular formula is C17H18N2O2. The molecule has 108 valence electrons. The Morgan fingerprint density at radius 1 is 1.10 bits per heavy atom. The summed E-state index contributed by atoms with van der Waals surface area (Å²) in [7, 11) is 1.65. The van der Waals surface area contributed by atoms with Crippen molar-refractivity contribution >= 4 is 6.03 Å². The molecule has 4 nitrogen and oxygen atoms in total. The molecule has 4 heteroatoms. The van der Waals surface area contributed by atoms with Gasteiger partial charge >= 0.3 is 6.03 Å². The number of carbonyl (C=O) groups is 1. The summed E-state index contributed by atoms with van der Waals surface area (Å²) in [6.07, 6.45) is 0. The highest BCUT2D eigenvalue weighted by molar-refractivity contribution is 5.75. The van der Waals surface area contributed by atoms with Crippen molar-refractivity contribution in [3.63, 3.8) is 0 Å². The minimum absolute atomic E-state index is 0.0889. The van der Waals surface area contributed by atoms with Crippen molar-refractivity contribution in [1.29, 1.82) is 0 Å². The summed E-state index contributed by atoms with van der Waals surface area (Å²) >= 11 is 0. The molecule has 0 aromatic heterocycles. The van der Waals surface area contributed by atoms with Gasteiger partial charge in [0, 0.05) is 24.7 Å². The molecule has 0 saturated carbocycles. The van der Waals surface area contributed by atoms with Crippen LogP contribution in [0.3, 0.4) is 0 Å². The molecule has 1 aliphatic heterocycles. The van der Waals surface area contributed by atoms with Gasteiger partial charge in [-0.1, -0.05) is 36.4 Å². The van der Waals surface area contributed by atoms with E-state index in [0.717, 1.165) is 22.6 Å². The van der Waals surface area contributed by atoms with Gasteiger partial charge in [0.2, 0.25) is 0 Å². The van der Waals surface area contributed by atoms with Crippen molar-refractivity contribution in [3.8, 4) is 11.5 Å². The van der Waals surface area contributed by atoms with Crippen LogP contribution in [0, 0.1) is 0 Å². The molecule has 1 N–H and O–H groups in total. The van der Waals surface area contributed by atoms with Crippen molar-refractivity contribution in [2.24, 2.45) is 0 Å². The maximum atomic E-state index is 12.2. The van der Waals surface area contributed by atoms with Crippen LogP contribution in [0.1, 0.15) is 24.1 Å². The van der Waals surface area contributed by atoms with Crippen molar-refractivity contribution in [2.45, 2.75) is 13.0 Å². The minimum atomic E-state index is -0.129. The lowest BCUT2D eigenvalue weighted by atomic mass is 9.93. The number of nitrogens with zero attached hydrogens (tertiary/aromatic N) is 1. The SMILES string of the molecule is CCN(C(=O)NC)C1c2ccccc2Oc2ccccc21. The van der Waals surface area contributed by atoms with Gasteiger partial charge in [-0.2, -0.15) is 0 Å². The summed E-state index contributed by atoms with van der Waals surface area (Å²) in [6, 6.07) is 15.5. The fraction of sp³-hybridized carbons (Fsp3) is 0.235. The molecule has 2 amide bonds. The first kappa shape index (κ1) is 13.5. The van der Waals surface area contributed by atoms with Gasteiger partial charge in [-0.05, 0) is 19.1 Å². The number of hydrogen-bond donors (Lipinski definition) is 1. The molecule has 1 heterocycles. The van der Waals surface area contributed by atoms with Gasteiger partial charge in [0.05, 0.1) is 6.04 Å². The monoisotopic (exact) mass is 282 g/mol. The maximum Gasteiger partial charge on any atom is 0.317 e. The first-order valence-electron chi connectivity index (χ1n) is 7.10. The molecule has 0 atom stereocenters. The summed E-state index contributed by atoms with van der Waals surface area (Å²) < 4.78 is 5.96. The minimum Gasteiger partial charge on any atom is -0.457 e. The van der Waals surface area contributed by atoms with E-state index in [1.54, 1.807) is 7.05 Å². The highest BCUT2D eigenvalue weighted by Crippen LogP contribution is 2.45. The van der Waals surface area contributed by atoms with E-state index in [9.17, 15) is 4.79 Å². The molecule has 2 aromatic rings. The molecular weight excluding hydrogens is 264 g/mol. The molecule has 0 saturated heterocycles. The zero-order valence-electron chi connectivity index (χ0n) is 12.2. The number of benzene rings is 2. The van der Waals surface area contributed by atoms with Crippen LogP contribution in [-0.2, 0) is 0 Å². The number of rotatable bonds is 2. The maximum absolute atomic E-state index is 12.2. The number of nitrogens with one attached hydrogen (secondary N) is 1. The average molecular weight is 282 g/mol. The van der Waals surface area contributed by atoms with Crippen molar-refractivity contribution in [1.82, 2.24) is 10.2 Å². The molecule has 0 bridgehead atoms. The highest BCUT2D eigenvalue weighted by atomic mass is 16.5. The molecule has 2 aromatic carbocycles. The Morgan fingerprint density at radius 3 is 2.10 bits per heavy atom. The van der Waals surface area contributed by atoms with Gasteiger partial charge in [-0.15, -0.1) is 0 Å². The van der Waals surface area contributed by atoms with E-state index in [1.165, 1.54) is 0 Å². The molecule has 0 fully saturated rings. The largest absolute Gasteiger partial charge is 0.457 e. The smallest absolute Gasteiger partial charge is 0.317 e. The van der Waals surface area contributed by atoms with Gasteiger partial charge in [-0.3, -0.25) is 0 Å². The van der Waals surface area contributed by atoms with Crippen LogP contribution in [0.2, 0.25) is 0 Å². The van der Waals surface area contributed by atoms with Crippen LogP contribution < -0.4 is 10.1 Å². The quantitative estimate of drug-likeness (QED) is 0.915. The predicted molar refractivity (Wildman–Crippen MR) is 81.6 cm³/mol. The molecule has 0 radical (unpaired) electrons. The third-order valence-corrected chi connectivity index (χ3v) is 3.77. The van der Waals surface area contributed by atoms with Gasteiger partial charge < -0.3 is 15.0 Å². The van der Waals surface area contributed by atoms with Crippen molar-refractivity contribution in [2.75, 3.05) is 13.6 Å². The lowest BCUT2D eigenvalue weighted by Gasteiger charge is -2.36. The van der Waals surface area contributed by atoms with Crippen LogP contribution in [0.5, 0.6) is 11.5 Å². The summed E-state index contributed by atoms with van der Waals surface area (Å²) in [4.78, 5) is 14.1. The Labute approximate surface area is 124 Å². The van der Waals surface area contributed by atoms with E-state index in [0.29, 0.717) is 6.54 Å². The third kappa shape index (κ3) is 2.23. The third-order valence-electron chi connectivity index (χ3n) is 3.77. The summed E-state index contributed by atoms with van der Waals surface area (Å²) in [5, 5.41) is 2.72. The fourth-order valence-corrected chi connectivity index (χ4v) is 2.81. The fourth-order valence-electron chi connectivity index (χ4n) is 2.81. The molecule has 21 heavy (non-hydrogen) atoms. The molecule has 0 spiro atoms. The van der Waals surface area contributed by atoms with Crippen LogP contribution in [-0.4, -0.2) is 24.5 Å². The number of hydrogen-bond acceptors (Lipinski definition) is 2. The Hall–Kier alpha value is -2.49. The first-order chi connectivity index (χ1) is 10.3. The highest BCUT2D eigenvalue weighted by Gasteiger charge is 2.33. The number of para-hydroxylation sites is 2. The predicted octanol–water partition coefficient (Wildman–Crippen LogP) is 3.54. The number of urea groups is 1. The second-order valence-corrected chi connectivity index (χ2v) is 4.92. The first-order valence-corrected chi connectivity index (χ1v) is 7.10. The molecule has 0 unspecified atom stereocenters. The van der Waals surface area contributed by atoms with Gasteiger partial charge in [0.1, 0.15) is 11.5 Å². The van der Waals surface area contributed by atoms with Gasteiger partial charge in [-0.25, -0.2) is 4.79 Å². The number of ether oxygens (including phenoxy) is 1. The Morgan fingerprint density at radius 2 is 1.62 bits per heavy atom. The number of fused-ring (bicyclic) bond motifs is 2. The Balaban J connectivity index is 2.16. The van der Waals surface area contributed by atoms with Crippen molar-refractivity contribution < 1.29 is 9.53 Å². The molecule has 3 rings (SSSR count). The van der Waals surface area contributed by atoms with Crippen LogP contribution in [0.25, 0.3) is 0 Å². The second kappa shape index (κ2) is 5.48. The molecule has 0 aliphatic carbocycles. The van der Waals surface area contributed by atoms with E-state index in [-0.39, 0.29) is 12.1 Å².